The average Bonchev–Trinajstić information content (AvgIpc) is 2.62. The summed E-state index contributed by atoms with van der Waals surface area (Å²) in [6.07, 6.45) is 1.37. The first-order chi connectivity index (χ1) is 14.2. The molecule has 6 nitrogen and oxygen atoms in total. The summed E-state index contributed by atoms with van der Waals surface area (Å²) in [5.74, 6) is 0.00131. The lowest BCUT2D eigenvalue weighted by Gasteiger charge is -2.59. The van der Waals surface area contributed by atoms with Crippen LogP contribution in [0.3, 0.4) is 0 Å². The van der Waals surface area contributed by atoms with Crippen LogP contribution in [0.4, 0.5) is 0 Å². The van der Waals surface area contributed by atoms with Gasteiger partial charge >= 0.3 is 8.56 Å². The molecule has 0 aromatic carbocycles. The minimum absolute atomic E-state index is 0.00733. The molecule has 1 N–H and O–H groups in total. The molecule has 4 aliphatic rings. The maximum Gasteiger partial charge on any atom is 0.349 e. The molecule has 1 unspecified atom stereocenters. The second kappa shape index (κ2) is 7.75. The molecule has 4 heterocycles. The van der Waals surface area contributed by atoms with Gasteiger partial charge in [-0.05, 0) is 11.8 Å². The molecule has 0 saturated carbocycles. The average molecular weight is 457 g/mol. The predicted octanol–water partition coefficient (Wildman–Crippen LogP) is 4.73. The van der Waals surface area contributed by atoms with Crippen molar-refractivity contribution in [2.75, 3.05) is 6.61 Å². The zero-order chi connectivity index (χ0) is 23.0. The topological polar surface area (TPSA) is 66.4 Å². The molecule has 0 bridgehead atoms. The van der Waals surface area contributed by atoms with E-state index < -0.39 is 20.6 Å². The minimum atomic E-state index is -2.55. The lowest BCUT2D eigenvalue weighted by molar-refractivity contribution is -0.397. The zero-order valence-corrected chi connectivity index (χ0v) is 21.9. The van der Waals surface area contributed by atoms with E-state index in [1.54, 1.807) is 0 Å². The molecule has 0 aliphatic carbocycles. The van der Waals surface area contributed by atoms with Gasteiger partial charge in [0, 0.05) is 35.3 Å². The van der Waals surface area contributed by atoms with Crippen LogP contribution < -0.4 is 0 Å². The normalized spacial score (nSPS) is 48.2. The molecular formula is C24H44O6Si. The molecule has 1 spiro atoms. The standard InChI is InChI=1S/C24H44O6Si/c1-14-11-24(29-21(25)16(14)3)12-15(2)20-18(28-24)10-17-19(27-20)13-26-31(30-17,22(4,5)6)23(7,8)9/h14-21,25H,10-13H2,1-9H3/t14-,15-,16-,17+,18-,19+,20-,21?,24-/m0/s1. The van der Waals surface area contributed by atoms with E-state index in [0.717, 1.165) is 19.3 Å². The van der Waals surface area contributed by atoms with Gasteiger partial charge in [-0.1, -0.05) is 62.3 Å². The Kier molecular flexibility index (Phi) is 6.03. The van der Waals surface area contributed by atoms with Crippen LogP contribution in [0.15, 0.2) is 0 Å². The molecule has 31 heavy (non-hydrogen) atoms. The van der Waals surface area contributed by atoms with Crippen LogP contribution in [-0.4, -0.2) is 56.8 Å². The van der Waals surface area contributed by atoms with E-state index in [4.69, 9.17) is 23.1 Å². The van der Waals surface area contributed by atoms with E-state index >= 15 is 0 Å². The summed E-state index contributed by atoms with van der Waals surface area (Å²) < 4.78 is 32.9. The van der Waals surface area contributed by atoms with Crippen LogP contribution >= 0.6 is 0 Å². The second-order valence-electron chi connectivity index (χ2n) is 12.8. The molecule has 0 amide bonds. The van der Waals surface area contributed by atoms with Crippen molar-refractivity contribution in [2.45, 2.75) is 128 Å². The number of rotatable bonds is 0. The third-order valence-corrected chi connectivity index (χ3v) is 13.4. The van der Waals surface area contributed by atoms with Gasteiger partial charge in [0.15, 0.2) is 12.1 Å². The summed E-state index contributed by atoms with van der Waals surface area (Å²) >= 11 is 0. The Morgan fingerprint density at radius 2 is 1.45 bits per heavy atom. The molecule has 9 atom stereocenters. The maximum atomic E-state index is 10.5. The van der Waals surface area contributed by atoms with Crippen LogP contribution in [0.2, 0.25) is 10.1 Å². The highest BCUT2D eigenvalue weighted by Crippen LogP contribution is 2.56. The van der Waals surface area contributed by atoms with Crippen molar-refractivity contribution in [3.63, 3.8) is 0 Å². The summed E-state index contributed by atoms with van der Waals surface area (Å²) in [7, 11) is -2.55. The third kappa shape index (κ3) is 3.96. The first kappa shape index (κ1) is 24.1. The van der Waals surface area contributed by atoms with E-state index in [0.29, 0.717) is 12.5 Å². The first-order valence-corrected chi connectivity index (χ1v) is 14.0. The summed E-state index contributed by atoms with van der Waals surface area (Å²) in [4.78, 5) is 0. The van der Waals surface area contributed by atoms with Gasteiger partial charge in [-0.3, -0.25) is 0 Å². The lowest BCUT2D eigenvalue weighted by Crippen LogP contribution is -2.69. The Labute approximate surface area is 189 Å². The number of hydrogen-bond donors (Lipinski definition) is 1. The Balaban J connectivity index is 1.56. The van der Waals surface area contributed by atoms with Crippen LogP contribution in [0.5, 0.6) is 0 Å². The summed E-state index contributed by atoms with van der Waals surface area (Å²) in [6, 6.07) is 0. The molecule has 4 saturated heterocycles. The number of hydrogen-bond acceptors (Lipinski definition) is 6. The van der Waals surface area contributed by atoms with Crippen LogP contribution in [0.25, 0.3) is 0 Å². The first-order valence-electron chi connectivity index (χ1n) is 12.2. The summed E-state index contributed by atoms with van der Waals surface area (Å²) in [5, 5.41) is 10.4. The van der Waals surface area contributed by atoms with Crippen molar-refractivity contribution in [3.8, 4) is 0 Å². The van der Waals surface area contributed by atoms with Gasteiger partial charge < -0.3 is 28.2 Å². The molecule has 180 valence electrons. The maximum absolute atomic E-state index is 10.5. The summed E-state index contributed by atoms with van der Waals surface area (Å²) in [6.45, 7) is 20.5. The largest absolute Gasteiger partial charge is 0.391 e. The van der Waals surface area contributed by atoms with Gasteiger partial charge in [0.1, 0.15) is 6.10 Å². The van der Waals surface area contributed by atoms with E-state index in [9.17, 15) is 5.11 Å². The zero-order valence-electron chi connectivity index (χ0n) is 20.9. The molecule has 0 aromatic heterocycles. The SMILES string of the molecule is C[C@@H]1C(O)O[C@]2(C[C@H](C)[C@@H]3O[C@@H]4CO[Si](C(C)(C)C)(C(C)(C)C)O[C@@H]4C[C@@H]3O2)C[C@@H]1C. The second-order valence-corrected chi connectivity index (χ2v) is 17.5. The third-order valence-electron chi connectivity index (χ3n) is 8.20. The van der Waals surface area contributed by atoms with Gasteiger partial charge in [-0.15, -0.1) is 0 Å². The van der Waals surface area contributed by atoms with Crippen LogP contribution in [-0.2, 0) is 23.1 Å². The molecule has 4 rings (SSSR count). The highest BCUT2D eigenvalue weighted by molar-refractivity contribution is 6.73. The number of fused-ring (bicyclic) bond motifs is 2. The summed E-state index contributed by atoms with van der Waals surface area (Å²) in [5.41, 5.74) is 0. The van der Waals surface area contributed by atoms with Crippen LogP contribution in [0.1, 0.15) is 81.6 Å². The fourth-order valence-corrected chi connectivity index (χ4v) is 11.6. The van der Waals surface area contributed by atoms with Crippen molar-refractivity contribution in [1.29, 1.82) is 0 Å². The van der Waals surface area contributed by atoms with Gasteiger partial charge in [-0.25, -0.2) is 0 Å². The van der Waals surface area contributed by atoms with Gasteiger partial charge in [-0.2, -0.15) is 0 Å². The van der Waals surface area contributed by atoms with Gasteiger partial charge in [0.25, 0.3) is 0 Å². The molecule has 0 radical (unpaired) electrons. The Morgan fingerprint density at radius 3 is 2.03 bits per heavy atom. The fraction of sp³-hybridized carbons (Fsp3) is 1.00. The molecule has 7 heteroatoms. The van der Waals surface area contributed by atoms with Crippen LogP contribution in [0, 0.1) is 17.8 Å². The quantitative estimate of drug-likeness (QED) is 0.532. The van der Waals surface area contributed by atoms with Crippen molar-refractivity contribution in [1.82, 2.24) is 0 Å². The van der Waals surface area contributed by atoms with E-state index in [-0.39, 0.29) is 46.3 Å². The number of ether oxygens (including phenoxy) is 3. The Bertz CT molecular complexity index is 644. The van der Waals surface area contributed by atoms with Gasteiger partial charge in [0.2, 0.25) is 0 Å². The predicted molar refractivity (Wildman–Crippen MR) is 121 cm³/mol. The highest BCUT2D eigenvalue weighted by Gasteiger charge is 2.64. The molecule has 4 fully saturated rings. The smallest absolute Gasteiger partial charge is 0.349 e. The lowest BCUT2D eigenvalue weighted by atomic mass is 9.77. The molecule has 0 aromatic rings. The Morgan fingerprint density at radius 1 is 0.839 bits per heavy atom. The van der Waals surface area contributed by atoms with Crippen molar-refractivity contribution >= 4 is 8.56 Å². The molecular weight excluding hydrogens is 412 g/mol. The van der Waals surface area contributed by atoms with Crippen molar-refractivity contribution in [2.24, 2.45) is 17.8 Å². The monoisotopic (exact) mass is 456 g/mol. The van der Waals surface area contributed by atoms with E-state index in [1.807, 2.05) is 6.92 Å². The highest BCUT2D eigenvalue weighted by atomic mass is 28.4. The van der Waals surface area contributed by atoms with Crippen molar-refractivity contribution < 1.29 is 28.2 Å². The molecule has 4 aliphatic heterocycles. The Hall–Kier alpha value is -0.0231. The number of aliphatic hydroxyl groups excluding tert-OH is 1. The fourth-order valence-electron chi connectivity index (χ4n) is 6.61. The van der Waals surface area contributed by atoms with E-state index in [1.165, 1.54) is 0 Å². The van der Waals surface area contributed by atoms with E-state index in [2.05, 4.69) is 55.4 Å². The van der Waals surface area contributed by atoms with Crippen molar-refractivity contribution in [3.05, 3.63) is 0 Å². The van der Waals surface area contributed by atoms with Gasteiger partial charge in [0.05, 0.1) is 24.9 Å². The minimum Gasteiger partial charge on any atom is -0.391 e. The number of aliphatic hydroxyl groups is 1.